The Morgan fingerprint density at radius 3 is 3.10 bits per heavy atom. The Labute approximate surface area is 119 Å². The van der Waals surface area contributed by atoms with Gasteiger partial charge in [-0.1, -0.05) is 6.07 Å². The molecule has 2 unspecified atom stereocenters. The molecule has 102 valence electrons. The second-order valence-corrected chi connectivity index (χ2v) is 5.40. The second-order valence-electron chi connectivity index (χ2n) is 5.40. The third kappa shape index (κ3) is 2.45. The number of piperidine rings is 1. The summed E-state index contributed by atoms with van der Waals surface area (Å²) in [7, 11) is 0. The van der Waals surface area contributed by atoms with Gasteiger partial charge < -0.3 is 9.88 Å². The topological polar surface area (TPSA) is 53.6 Å². The summed E-state index contributed by atoms with van der Waals surface area (Å²) in [5.41, 5.74) is 2.84. The average Bonchev–Trinajstić information content (AvgIpc) is 2.97. The van der Waals surface area contributed by atoms with E-state index in [1.165, 1.54) is 18.5 Å². The van der Waals surface area contributed by atoms with Gasteiger partial charge in [-0.25, -0.2) is 4.98 Å². The highest BCUT2D eigenvalue weighted by molar-refractivity contribution is 5.42. The molecule has 1 saturated heterocycles. The van der Waals surface area contributed by atoms with Gasteiger partial charge in [0.1, 0.15) is 0 Å². The number of nitrogens with zero attached hydrogens (tertiary/aromatic N) is 3. The molecule has 1 aliphatic heterocycles. The van der Waals surface area contributed by atoms with Crippen molar-refractivity contribution in [1.29, 1.82) is 5.26 Å². The monoisotopic (exact) mass is 266 g/mol. The Kier molecular flexibility index (Phi) is 3.53. The summed E-state index contributed by atoms with van der Waals surface area (Å²) in [5.74, 6) is 0. The van der Waals surface area contributed by atoms with Gasteiger partial charge in [0.25, 0.3) is 0 Å². The van der Waals surface area contributed by atoms with E-state index in [9.17, 15) is 0 Å². The summed E-state index contributed by atoms with van der Waals surface area (Å²) in [6.07, 6.45) is 7.35. The molecule has 1 aliphatic rings. The van der Waals surface area contributed by atoms with Crippen LogP contribution in [0.1, 0.15) is 43.5 Å². The van der Waals surface area contributed by atoms with Crippen LogP contribution in [0.25, 0.3) is 5.69 Å². The van der Waals surface area contributed by atoms with E-state index in [0.29, 0.717) is 17.6 Å². The predicted molar refractivity (Wildman–Crippen MR) is 77.5 cm³/mol. The minimum atomic E-state index is 0.340. The Morgan fingerprint density at radius 2 is 2.30 bits per heavy atom. The molecule has 1 aromatic heterocycles. The van der Waals surface area contributed by atoms with Gasteiger partial charge in [-0.2, -0.15) is 5.26 Å². The van der Waals surface area contributed by atoms with Crippen LogP contribution < -0.4 is 5.32 Å². The summed E-state index contributed by atoms with van der Waals surface area (Å²) in [5, 5.41) is 12.7. The summed E-state index contributed by atoms with van der Waals surface area (Å²) in [6, 6.07) is 10.7. The molecule has 0 radical (unpaired) electrons. The first kappa shape index (κ1) is 12.9. The van der Waals surface area contributed by atoms with Crippen molar-refractivity contribution in [2.45, 2.75) is 38.3 Å². The van der Waals surface area contributed by atoms with E-state index in [1.807, 2.05) is 36.8 Å². The van der Waals surface area contributed by atoms with Crippen LogP contribution in [0, 0.1) is 11.3 Å². The van der Waals surface area contributed by atoms with Crippen molar-refractivity contribution in [3.8, 4) is 11.8 Å². The van der Waals surface area contributed by atoms with Gasteiger partial charge in [-0.15, -0.1) is 0 Å². The minimum Gasteiger partial charge on any atom is -0.306 e. The Balaban J connectivity index is 1.95. The molecule has 2 heterocycles. The van der Waals surface area contributed by atoms with Crippen LogP contribution >= 0.6 is 0 Å². The fraction of sp³-hybridized carbons (Fsp3) is 0.375. The summed E-state index contributed by atoms with van der Waals surface area (Å²) >= 11 is 0. The average molecular weight is 266 g/mol. The molecule has 0 saturated carbocycles. The lowest BCUT2D eigenvalue weighted by Gasteiger charge is -2.29. The van der Waals surface area contributed by atoms with Crippen LogP contribution in [-0.2, 0) is 0 Å². The zero-order valence-corrected chi connectivity index (χ0v) is 11.6. The second kappa shape index (κ2) is 5.48. The highest BCUT2D eigenvalue weighted by Gasteiger charge is 2.22. The fourth-order valence-electron chi connectivity index (χ4n) is 2.88. The molecule has 4 nitrogen and oxygen atoms in total. The smallest absolute Gasteiger partial charge is 0.0994 e. The van der Waals surface area contributed by atoms with E-state index in [2.05, 4.69) is 27.9 Å². The third-order valence-corrected chi connectivity index (χ3v) is 3.89. The number of nitriles is 1. The summed E-state index contributed by atoms with van der Waals surface area (Å²) in [4.78, 5) is 4.29. The van der Waals surface area contributed by atoms with Crippen molar-refractivity contribution in [2.75, 3.05) is 0 Å². The lowest BCUT2D eigenvalue weighted by Crippen LogP contribution is -2.35. The SMILES string of the molecule is CC1CCCC(c2cncn2-c2cccc(C#N)c2)N1. The first-order valence-electron chi connectivity index (χ1n) is 7.07. The van der Waals surface area contributed by atoms with E-state index in [4.69, 9.17) is 5.26 Å². The fourth-order valence-corrected chi connectivity index (χ4v) is 2.88. The van der Waals surface area contributed by atoms with Crippen molar-refractivity contribution < 1.29 is 0 Å². The zero-order chi connectivity index (χ0) is 13.9. The van der Waals surface area contributed by atoms with Gasteiger partial charge in [0.15, 0.2) is 0 Å². The quantitative estimate of drug-likeness (QED) is 0.909. The number of benzene rings is 1. The van der Waals surface area contributed by atoms with Crippen LogP contribution in [0.2, 0.25) is 0 Å². The molecule has 1 aromatic carbocycles. The normalized spacial score (nSPS) is 22.4. The number of rotatable bonds is 2. The number of hydrogen-bond acceptors (Lipinski definition) is 3. The molecule has 20 heavy (non-hydrogen) atoms. The maximum Gasteiger partial charge on any atom is 0.0994 e. The molecule has 2 aromatic rings. The number of nitrogens with one attached hydrogen (secondary N) is 1. The van der Waals surface area contributed by atoms with Crippen molar-refractivity contribution >= 4 is 0 Å². The van der Waals surface area contributed by atoms with Gasteiger partial charge in [0.05, 0.1) is 29.9 Å². The highest BCUT2D eigenvalue weighted by Crippen LogP contribution is 2.27. The Hall–Kier alpha value is -2.12. The van der Waals surface area contributed by atoms with Crippen LogP contribution in [0.15, 0.2) is 36.8 Å². The molecule has 0 bridgehead atoms. The van der Waals surface area contributed by atoms with Crippen LogP contribution in [0.3, 0.4) is 0 Å². The number of hydrogen-bond donors (Lipinski definition) is 1. The van der Waals surface area contributed by atoms with Gasteiger partial charge in [-0.05, 0) is 44.4 Å². The summed E-state index contributed by atoms with van der Waals surface area (Å²) < 4.78 is 2.08. The van der Waals surface area contributed by atoms with Crippen LogP contribution in [-0.4, -0.2) is 15.6 Å². The lowest BCUT2D eigenvalue weighted by molar-refractivity contribution is 0.334. The standard InChI is InChI=1S/C16H18N4/c1-12-4-2-7-15(19-12)16-10-18-11-20(16)14-6-3-5-13(8-14)9-17/h3,5-6,8,10-12,15,19H,2,4,7H2,1H3. The van der Waals surface area contributed by atoms with Crippen molar-refractivity contribution in [3.63, 3.8) is 0 Å². The molecule has 0 spiro atoms. The zero-order valence-electron chi connectivity index (χ0n) is 11.6. The molecule has 3 rings (SSSR count). The Morgan fingerprint density at radius 1 is 1.40 bits per heavy atom. The Bertz CT molecular complexity index is 638. The van der Waals surface area contributed by atoms with Crippen LogP contribution in [0.5, 0.6) is 0 Å². The van der Waals surface area contributed by atoms with Gasteiger partial charge in [0.2, 0.25) is 0 Å². The van der Waals surface area contributed by atoms with Crippen LogP contribution in [0.4, 0.5) is 0 Å². The highest BCUT2D eigenvalue weighted by atomic mass is 15.1. The van der Waals surface area contributed by atoms with Gasteiger partial charge >= 0.3 is 0 Å². The molecule has 0 amide bonds. The molecular weight excluding hydrogens is 248 g/mol. The number of aromatic nitrogens is 2. The third-order valence-electron chi connectivity index (χ3n) is 3.89. The molecule has 1 fully saturated rings. The predicted octanol–water partition coefficient (Wildman–Crippen LogP) is 2.95. The molecular formula is C16H18N4. The van der Waals surface area contributed by atoms with E-state index >= 15 is 0 Å². The van der Waals surface area contributed by atoms with E-state index in [1.54, 1.807) is 0 Å². The minimum absolute atomic E-state index is 0.340. The molecule has 0 aliphatic carbocycles. The lowest BCUT2D eigenvalue weighted by atomic mass is 9.97. The van der Waals surface area contributed by atoms with Crippen molar-refractivity contribution in [1.82, 2.24) is 14.9 Å². The van der Waals surface area contributed by atoms with E-state index in [0.717, 1.165) is 12.1 Å². The van der Waals surface area contributed by atoms with E-state index < -0.39 is 0 Å². The summed E-state index contributed by atoms with van der Waals surface area (Å²) in [6.45, 7) is 2.23. The largest absolute Gasteiger partial charge is 0.306 e. The maximum absolute atomic E-state index is 9.03. The van der Waals surface area contributed by atoms with Crippen molar-refractivity contribution in [2.24, 2.45) is 0 Å². The molecule has 2 atom stereocenters. The molecule has 4 heteroatoms. The maximum atomic E-state index is 9.03. The van der Waals surface area contributed by atoms with E-state index in [-0.39, 0.29) is 0 Å². The number of imidazole rings is 1. The van der Waals surface area contributed by atoms with Gasteiger partial charge in [0, 0.05) is 17.8 Å². The first-order valence-corrected chi connectivity index (χ1v) is 7.07. The first-order chi connectivity index (χ1) is 9.78. The molecule has 1 N–H and O–H groups in total. The van der Waals surface area contributed by atoms with Crippen molar-refractivity contribution in [3.05, 3.63) is 48.0 Å². The van der Waals surface area contributed by atoms with Gasteiger partial charge in [-0.3, -0.25) is 0 Å².